The second kappa shape index (κ2) is 7.71. The van der Waals surface area contributed by atoms with E-state index in [0.29, 0.717) is 5.56 Å². The summed E-state index contributed by atoms with van der Waals surface area (Å²) < 4.78 is 81.2. The number of hydrogen-bond donors (Lipinski definition) is 2. The number of rotatable bonds is 7. The molecule has 1 fully saturated rings. The number of carboxylic acids is 1. The number of anilines is 1. The molecule has 2 aromatic carbocycles. The molecule has 1 heterocycles. The van der Waals surface area contributed by atoms with Crippen LogP contribution < -0.4 is 5.32 Å². The maximum atomic E-state index is 13.6. The summed E-state index contributed by atoms with van der Waals surface area (Å²) in [5.74, 6) is -2.01. The number of nitrogens with one attached hydrogen (secondary N) is 1. The molecule has 0 unspecified atom stereocenters. The van der Waals surface area contributed by atoms with Crippen molar-refractivity contribution in [3.05, 3.63) is 69.1 Å². The normalized spacial score (nSPS) is 16.5. The van der Waals surface area contributed by atoms with Gasteiger partial charge >= 0.3 is 16.2 Å². The lowest BCUT2D eigenvalue weighted by Gasteiger charge is -2.40. The van der Waals surface area contributed by atoms with E-state index in [1.54, 1.807) is 6.07 Å². The molecule has 0 radical (unpaired) electrons. The summed E-state index contributed by atoms with van der Waals surface area (Å²) >= 11 is 11.9. The molecular formula is C21H14Cl2F6N4O2S. The number of nitriles is 1. The average molecular weight is 571 g/mol. The number of aliphatic carboxylic acids is 1. The molecule has 36 heavy (non-hydrogen) atoms. The standard InChI is InChI=1S/C21H14Cl2F6N4O2S/c22-14-7-13(36(25,26,27,28)29)8-15(23)18(14)33-19(31-10-11-2-1-3-12(24)6-11)17(16(9-30)32-33)21(4-5-21)20(34)35/h1-3,6-8,31H,4-5,10H2,(H,34,35). The van der Waals surface area contributed by atoms with Gasteiger partial charge in [0.2, 0.25) is 0 Å². The lowest BCUT2D eigenvalue weighted by molar-refractivity contribution is -0.140. The van der Waals surface area contributed by atoms with Crippen molar-refractivity contribution in [2.75, 3.05) is 5.32 Å². The minimum atomic E-state index is -10.1. The van der Waals surface area contributed by atoms with Gasteiger partial charge in [0.1, 0.15) is 28.3 Å². The summed E-state index contributed by atoms with van der Waals surface area (Å²) in [6.45, 7) is -0.129. The Morgan fingerprint density at radius 3 is 2.25 bits per heavy atom. The maximum Gasteiger partial charge on any atom is 0.314 e. The molecule has 1 aromatic heterocycles. The predicted octanol–water partition coefficient (Wildman–Crippen LogP) is 7.58. The Balaban J connectivity index is 1.94. The summed E-state index contributed by atoms with van der Waals surface area (Å²) in [4.78, 5) is 9.72. The van der Waals surface area contributed by atoms with Gasteiger partial charge in [-0.15, -0.1) is 0 Å². The Bertz CT molecular complexity index is 1440. The minimum absolute atomic E-state index is 0.0157. The van der Waals surface area contributed by atoms with E-state index < -0.39 is 48.1 Å². The van der Waals surface area contributed by atoms with Crippen LogP contribution in [0.25, 0.3) is 5.69 Å². The van der Waals surface area contributed by atoms with Crippen molar-refractivity contribution < 1.29 is 33.7 Å². The molecule has 1 aliphatic carbocycles. The average Bonchev–Trinajstić information content (AvgIpc) is 3.47. The van der Waals surface area contributed by atoms with Crippen molar-refractivity contribution in [1.82, 2.24) is 9.78 Å². The number of nitrogens with zero attached hydrogens (tertiary/aromatic N) is 3. The third-order valence-electron chi connectivity index (χ3n) is 5.63. The molecular weight excluding hydrogens is 557 g/mol. The Kier molecular flexibility index (Phi) is 5.57. The number of hydrogen-bond acceptors (Lipinski definition) is 4. The number of carboxylic acid groups (broad SMARTS) is 1. The Morgan fingerprint density at radius 1 is 1.17 bits per heavy atom. The van der Waals surface area contributed by atoms with Crippen LogP contribution in [0.15, 0.2) is 41.3 Å². The molecule has 0 saturated heterocycles. The maximum absolute atomic E-state index is 13.6. The van der Waals surface area contributed by atoms with Gasteiger partial charge in [-0.3, -0.25) is 4.79 Å². The van der Waals surface area contributed by atoms with E-state index in [0.717, 1.165) is 4.68 Å². The van der Waals surface area contributed by atoms with Crippen LogP contribution in [0.1, 0.15) is 29.7 Å². The minimum Gasteiger partial charge on any atom is -0.481 e. The summed E-state index contributed by atoms with van der Waals surface area (Å²) in [6, 6.07) is 7.03. The number of halogens is 8. The Labute approximate surface area is 209 Å². The molecule has 1 saturated carbocycles. The number of benzene rings is 2. The molecule has 0 amide bonds. The first kappa shape index (κ1) is 26.0. The highest BCUT2D eigenvalue weighted by atomic mass is 35.5. The van der Waals surface area contributed by atoms with E-state index in [4.69, 9.17) is 23.2 Å². The van der Waals surface area contributed by atoms with Crippen LogP contribution in [0, 0.1) is 17.1 Å². The van der Waals surface area contributed by atoms with E-state index in [9.17, 15) is 39.0 Å². The zero-order valence-corrected chi connectivity index (χ0v) is 20.0. The van der Waals surface area contributed by atoms with Gasteiger partial charge in [0.05, 0.1) is 21.0 Å². The fraction of sp³-hybridized carbons (Fsp3) is 0.190. The molecule has 0 spiro atoms. The first-order valence-corrected chi connectivity index (χ1v) is 12.7. The van der Waals surface area contributed by atoms with Gasteiger partial charge in [-0.25, -0.2) is 9.07 Å². The first-order chi connectivity index (χ1) is 16.5. The van der Waals surface area contributed by atoms with E-state index in [-0.39, 0.29) is 48.6 Å². The van der Waals surface area contributed by atoms with E-state index in [1.165, 1.54) is 24.3 Å². The second-order valence-corrected chi connectivity index (χ2v) is 11.4. The molecule has 2 N–H and O–H groups in total. The molecule has 15 heteroatoms. The molecule has 6 nitrogen and oxygen atoms in total. The van der Waals surface area contributed by atoms with E-state index in [2.05, 4.69) is 10.4 Å². The first-order valence-electron chi connectivity index (χ1n) is 9.96. The van der Waals surface area contributed by atoms with Crippen molar-refractivity contribution >= 4 is 45.2 Å². The largest absolute Gasteiger partial charge is 0.481 e. The van der Waals surface area contributed by atoms with Crippen molar-refractivity contribution in [2.24, 2.45) is 0 Å². The molecule has 0 atom stereocenters. The van der Waals surface area contributed by atoms with Gasteiger partial charge in [-0.1, -0.05) is 54.8 Å². The highest BCUT2D eigenvalue weighted by molar-refractivity contribution is 8.45. The van der Waals surface area contributed by atoms with Crippen molar-refractivity contribution in [2.45, 2.75) is 29.7 Å². The Hall–Kier alpha value is -3.08. The molecule has 4 rings (SSSR count). The van der Waals surface area contributed by atoms with Crippen LogP contribution in [0.2, 0.25) is 10.0 Å². The lowest BCUT2D eigenvalue weighted by Crippen LogP contribution is -2.22. The van der Waals surface area contributed by atoms with Gasteiger partial charge in [-0.2, -0.15) is 10.4 Å². The van der Waals surface area contributed by atoms with Gasteiger partial charge in [-0.05, 0) is 42.7 Å². The van der Waals surface area contributed by atoms with Gasteiger partial charge in [0.25, 0.3) is 0 Å². The van der Waals surface area contributed by atoms with Gasteiger partial charge < -0.3 is 10.4 Å². The molecule has 0 aliphatic heterocycles. The second-order valence-electron chi connectivity index (χ2n) is 8.17. The summed E-state index contributed by atoms with van der Waals surface area (Å²) in [7, 11) is -10.1. The quantitative estimate of drug-likeness (QED) is 0.286. The number of carbonyl (C=O) groups is 1. The van der Waals surface area contributed by atoms with Crippen LogP contribution >= 0.6 is 33.4 Å². The summed E-state index contributed by atoms with van der Waals surface area (Å²) in [5.41, 5.74) is -2.11. The lowest BCUT2D eigenvalue weighted by atomic mass is 9.95. The molecule has 1 aliphatic rings. The Morgan fingerprint density at radius 2 is 1.78 bits per heavy atom. The predicted molar refractivity (Wildman–Crippen MR) is 122 cm³/mol. The highest BCUT2D eigenvalue weighted by Crippen LogP contribution is 3.02. The molecule has 3 aromatic rings. The van der Waals surface area contributed by atoms with Crippen LogP contribution in [-0.2, 0) is 16.8 Å². The SMILES string of the molecule is N#Cc1nn(-c2c(Cl)cc(S(F)(F)(F)(F)F)cc2Cl)c(NCc2cccc(F)c2)c1C1(C(=O)O)CC1. The van der Waals surface area contributed by atoms with Crippen LogP contribution in [0.5, 0.6) is 0 Å². The number of aromatic nitrogens is 2. The monoisotopic (exact) mass is 570 g/mol. The zero-order chi connectivity index (χ0) is 26.7. The zero-order valence-electron chi connectivity index (χ0n) is 17.7. The van der Waals surface area contributed by atoms with Gasteiger partial charge in [0.15, 0.2) is 5.69 Å². The third-order valence-corrected chi connectivity index (χ3v) is 7.33. The van der Waals surface area contributed by atoms with E-state index >= 15 is 0 Å². The summed E-state index contributed by atoms with van der Waals surface area (Å²) in [5, 5.41) is 24.5. The molecule has 192 valence electrons. The smallest absolute Gasteiger partial charge is 0.314 e. The van der Waals surface area contributed by atoms with Gasteiger partial charge in [0, 0.05) is 6.54 Å². The van der Waals surface area contributed by atoms with Crippen LogP contribution in [-0.4, -0.2) is 20.9 Å². The fourth-order valence-corrected chi connectivity index (χ4v) is 5.23. The van der Waals surface area contributed by atoms with E-state index in [1.807, 2.05) is 0 Å². The molecule has 0 bridgehead atoms. The van der Waals surface area contributed by atoms with Crippen molar-refractivity contribution in [3.63, 3.8) is 0 Å². The van der Waals surface area contributed by atoms with Crippen molar-refractivity contribution in [3.8, 4) is 11.8 Å². The van der Waals surface area contributed by atoms with Crippen LogP contribution in [0.4, 0.5) is 29.6 Å². The topological polar surface area (TPSA) is 90.9 Å². The van der Waals surface area contributed by atoms with Crippen molar-refractivity contribution in [1.29, 1.82) is 5.26 Å². The fourth-order valence-electron chi connectivity index (χ4n) is 3.77. The third kappa shape index (κ3) is 4.68. The highest BCUT2D eigenvalue weighted by Gasteiger charge is 2.65. The van der Waals surface area contributed by atoms with Crippen LogP contribution in [0.3, 0.4) is 0 Å². The summed E-state index contributed by atoms with van der Waals surface area (Å²) in [6.07, 6.45) is 0.254.